The van der Waals surface area contributed by atoms with Gasteiger partial charge in [-0.25, -0.2) is 0 Å². The quantitative estimate of drug-likeness (QED) is 0.261. The van der Waals surface area contributed by atoms with Gasteiger partial charge in [-0.3, -0.25) is 0 Å². The lowest BCUT2D eigenvalue weighted by atomic mass is 9.43. The molecule has 0 bridgehead atoms. The minimum atomic E-state index is -1.41. The molecule has 0 spiro atoms. The molecule has 3 fully saturated rings. The molecule has 5 rings (SSSR count). The topological polar surface area (TPSA) is 99.4 Å². The fourth-order valence-corrected chi connectivity index (χ4v) is 11.0. The second-order valence-electron chi connectivity index (χ2n) is 16.4. The molecule has 42 heavy (non-hydrogen) atoms. The maximum Gasteiger partial charge on any atom is 0.186 e. The van der Waals surface area contributed by atoms with Crippen LogP contribution in [0.15, 0.2) is 22.8 Å². The second kappa shape index (κ2) is 11.6. The van der Waals surface area contributed by atoms with Gasteiger partial charge in [0.1, 0.15) is 24.4 Å². The Kier molecular flexibility index (Phi) is 8.97. The van der Waals surface area contributed by atoms with E-state index in [1.54, 1.807) is 11.1 Å². The fraction of sp³-hybridized carbons (Fsp3) is 0.889. The smallest absolute Gasteiger partial charge is 0.186 e. The van der Waals surface area contributed by atoms with Crippen molar-refractivity contribution in [2.45, 2.75) is 156 Å². The number of hydrogen-bond acceptors (Lipinski definition) is 6. The first-order valence-corrected chi connectivity index (χ1v) is 16.9. The summed E-state index contributed by atoms with van der Waals surface area (Å²) in [5, 5.41) is 40.9. The Bertz CT molecular complexity index is 1060. The van der Waals surface area contributed by atoms with E-state index in [4.69, 9.17) is 9.47 Å². The van der Waals surface area contributed by atoms with E-state index >= 15 is 0 Å². The van der Waals surface area contributed by atoms with Crippen LogP contribution in [0.2, 0.25) is 0 Å². The molecule has 4 N–H and O–H groups in total. The number of aliphatic hydroxyl groups excluding tert-OH is 4. The van der Waals surface area contributed by atoms with Crippen LogP contribution < -0.4 is 0 Å². The van der Waals surface area contributed by atoms with Crippen molar-refractivity contribution in [1.82, 2.24) is 0 Å². The standard InChI is InChI=1S/C36H60O6/c1-21(2)10-9-11-22(3)23-14-18-36(8)25-12-13-27-33(4,5)28(16-17-34(27,6)24(25)15-19-35(23,36)7)42-32-31(40)30(39)29(38)26(20-37)41-32/h10,22-23,26-32,37-40H,9,11-20H2,1-8H3/t22-,23-,26-,27?,28?,29-,30+,31-,32+,34-,35+,36+/m1/s1. The Labute approximate surface area is 255 Å². The van der Waals surface area contributed by atoms with E-state index in [0.717, 1.165) is 37.5 Å². The van der Waals surface area contributed by atoms with Crippen molar-refractivity contribution in [2.24, 2.45) is 39.4 Å². The van der Waals surface area contributed by atoms with Crippen molar-refractivity contribution >= 4 is 0 Å². The van der Waals surface area contributed by atoms with Gasteiger partial charge in [-0.2, -0.15) is 0 Å². The third kappa shape index (κ3) is 4.99. The van der Waals surface area contributed by atoms with Crippen LogP contribution in [0.25, 0.3) is 0 Å². The molecule has 0 aromatic carbocycles. The van der Waals surface area contributed by atoms with Gasteiger partial charge in [0.15, 0.2) is 6.29 Å². The fourth-order valence-electron chi connectivity index (χ4n) is 11.0. The highest BCUT2D eigenvalue weighted by Crippen LogP contribution is 2.72. The maximum absolute atomic E-state index is 10.7. The highest BCUT2D eigenvalue weighted by molar-refractivity contribution is 5.38. The summed E-state index contributed by atoms with van der Waals surface area (Å²) >= 11 is 0. The Hall–Kier alpha value is -0.760. The van der Waals surface area contributed by atoms with E-state index in [0.29, 0.717) is 11.3 Å². The van der Waals surface area contributed by atoms with Crippen LogP contribution in [0.1, 0.15) is 120 Å². The molecule has 0 radical (unpaired) electrons. The molecule has 0 aromatic heterocycles. The number of fused-ring (bicyclic) bond motifs is 4. The van der Waals surface area contributed by atoms with Gasteiger partial charge in [0.05, 0.1) is 12.7 Å². The summed E-state index contributed by atoms with van der Waals surface area (Å²) in [4.78, 5) is 0. The van der Waals surface area contributed by atoms with Gasteiger partial charge < -0.3 is 29.9 Å². The first-order chi connectivity index (χ1) is 19.6. The lowest BCUT2D eigenvalue weighted by Crippen LogP contribution is -2.61. The zero-order valence-electron chi connectivity index (χ0n) is 27.7. The minimum Gasteiger partial charge on any atom is -0.394 e. The zero-order chi connectivity index (χ0) is 30.8. The number of hydrogen-bond donors (Lipinski definition) is 4. The number of allylic oxidation sites excluding steroid dienone is 4. The van der Waals surface area contributed by atoms with Crippen molar-refractivity contribution in [3.05, 3.63) is 22.8 Å². The molecular weight excluding hydrogens is 528 g/mol. The van der Waals surface area contributed by atoms with Crippen molar-refractivity contribution in [3.63, 3.8) is 0 Å². The Morgan fingerprint density at radius 3 is 2.31 bits per heavy atom. The average molecular weight is 589 g/mol. The molecule has 1 heterocycles. The van der Waals surface area contributed by atoms with E-state index in [-0.39, 0.29) is 22.3 Å². The summed E-state index contributed by atoms with van der Waals surface area (Å²) in [6, 6.07) is 0. The SMILES string of the molecule is CC(C)=CCC[C@@H](C)[C@H]1CC[C@@]2(C)C3=C(CC[C@@]12C)[C@@]1(C)CCC(O[C@@H]2O[C@H](CO)[C@@H](O)[C@H](O)[C@H]2O)C(C)(C)C1CC3. The molecule has 12 atom stereocenters. The van der Waals surface area contributed by atoms with Crippen LogP contribution in [-0.4, -0.2) is 63.8 Å². The van der Waals surface area contributed by atoms with E-state index < -0.39 is 37.3 Å². The van der Waals surface area contributed by atoms with E-state index in [2.05, 4.69) is 61.5 Å². The molecule has 6 heteroatoms. The Morgan fingerprint density at radius 2 is 1.64 bits per heavy atom. The van der Waals surface area contributed by atoms with Crippen LogP contribution in [0.5, 0.6) is 0 Å². The lowest BCUT2D eigenvalue weighted by Gasteiger charge is -2.63. The lowest BCUT2D eigenvalue weighted by molar-refractivity contribution is -0.325. The van der Waals surface area contributed by atoms with Crippen LogP contribution in [0.3, 0.4) is 0 Å². The van der Waals surface area contributed by atoms with Gasteiger partial charge in [0.25, 0.3) is 0 Å². The van der Waals surface area contributed by atoms with Crippen molar-refractivity contribution in [2.75, 3.05) is 6.61 Å². The first kappa shape index (κ1) is 32.6. The van der Waals surface area contributed by atoms with Gasteiger partial charge in [0.2, 0.25) is 0 Å². The molecule has 2 saturated carbocycles. The minimum absolute atomic E-state index is 0.129. The molecule has 2 unspecified atom stereocenters. The van der Waals surface area contributed by atoms with Gasteiger partial charge in [0, 0.05) is 0 Å². The van der Waals surface area contributed by atoms with Crippen LogP contribution in [0, 0.1) is 39.4 Å². The molecular formula is C36H60O6. The van der Waals surface area contributed by atoms with E-state index in [1.165, 1.54) is 44.1 Å². The molecule has 1 saturated heterocycles. The predicted octanol–water partition coefficient (Wildman–Crippen LogP) is 6.30. The molecule has 1 aliphatic heterocycles. The summed E-state index contributed by atoms with van der Waals surface area (Å²) < 4.78 is 12.2. The third-order valence-electron chi connectivity index (χ3n) is 13.8. The largest absolute Gasteiger partial charge is 0.394 e. The highest BCUT2D eigenvalue weighted by atomic mass is 16.7. The summed E-state index contributed by atoms with van der Waals surface area (Å²) in [5.41, 5.74) is 5.57. The Balaban J connectivity index is 1.36. The molecule has 0 aromatic rings. The second-order valence-corrected chi connectivity index (χ2v) is 16.4. The summed E-state index contributed by atoms with van der Waals surface area (Å²) in [6.45, 7) is 18.9. The monoisotopic (exact) mass is 588 g/mol. The Morgan fingerprint density at radius 1 is 0.929 bits per heavy atom. The average Bonchev–Trinajstić information content (AvgIpc) is 3.21. The van der Waals surface area contributed by atoms with Crippen LogP contribution in [0.4, 0.5) is 0 Å². The highest BCUT2D eigenvalue weighted by Gasteiger charge is 2.63. The zero-order valence-corrected chi connectivity index (χ0v) is 27.7. The maximum atomic E-state index is 10.7. The van der Waals surface area contributed by atoms with Gasteiger partial charge in [-0.15, -0.1) is 0 Å². The predicted molar refractivity (Wildman–Crippen MR) is 166 cm³/mol. The third-order valence-corrected chi connectivity index (χ3v) is 13.8. The van der Waals surface area contributed by atoms with E-state index in [1.807, 2.05) is 0 Å². The van der Waals surface area contributed by atoms with Gasteiger partial charge in [-0.1, -0.05) is 64.3 Å². The van der Waals surface area contributed by atoms with E-state index in [9.17, 15) is 20.4 Å². The molecule has 6 nitrogen and oxygen atoms in total. The van der Waals surface area contributed by atoms with Crippen LogP contribution >= 0.6 is 0 Å². The molecule has 4 aliphatic carbocycles. The number of ether oxygens (including phenoxy) is 2. The molecule has 5 aliphatic rings. The summed E-state index contributed by atoms with van der Waals surface area (Å²) in [6.07, 6.45) is 7.93. The van der Waals surface area contributed by atoms with Crippen LogP contribution in [-0.2, 0) is 9.47 Å². The van der Waals surface area contributed by atoms with Crippen molar-refractivity contribution < 1.29 is 29.9 Å². The van der Waals surface area contributed by atoms with Crippen molar-refractivity contribution in [3.8, 4) is 0 Å². The van der Waals surface area contributed by atoms with Crippen molar-refractivity contribution in [1.29, 1.82) is 0 Å². The molecule has 0 amide bonds. The first-order valence-electron chi connectivity index (χ1n) is 16.9. The van der Waals surface area contributed by atoms with Gasteiger partial charge >= 0.3 is 0 Å². The van der Waals surface area contributed by atoms with Gasteiger partial charge in [-0.05, 0) is 117 Å². The summed E-state index contributed by atoms with van der Waals surface area (Å²) in [7, 11) is 0. The molecule has 240 valence electrons. The summed E-state index contributed by atoms with van der Waals surface area (Å²) in [5.74, 6) is 1.97. The number of aliphatic hydroxyl groups is 4. The normalized spacial score (nSPS) is 47.3. The number of rotatable bonds is 7.